The van der Waals surface area contributed by atoms with Gasteiger partial charge in [0.2, 0.25) is 0 Å². The summed E-state index contributed by atoms with van der Waals surface area (Å²) in [4.78, 5) is 13.6. The summed E-state index contributed by atoms with van der Waals surface area (Å²) in [7, 11) is 0. The Bertz CT molecular complexity index is 720. The van der Waals surface area contributed by atoms with E-state index in [1.807, 2.05) is 53.4 Å². The van der Waals surface area contributed by atoms with Crippen molar-refractivity contribution in [2.24, 2.45) is 0 Å². The van der Waals surface area contributed by atoms with Crippen LogP contribution in [0.3, 0.4) is 0 Å². The highest BCUT2D eigenvalue weighted by atomic mass is 35.5. The lowest BCUT2D eigenvalue weighted by molar-refractivity contribution is -0.142. The highest BCUT2D eigenvalue weighted by molar-refractivity contribution is 6.31. The standard InChI is InChI=1S/C18H17Cl2NO2/c19-13-6-3-5-12(11-13)17(14-7-1-2-8-15(14)20)21-10-4-9-16(21)18(22)23/h1-3,5-8,11,16-17H,4,9-10H2,(H,22,23). The van der Waals surface area contributed by atoms with E-state index < -0.39 is 12.0 Å². The Morgan fingerprint density at radius 1 is 1.17 bits per heavy atom. The second kappa shape index (κ2) is 6.91. The quantitative estimate of drug-likeness (QED) is 0.874. The molecule has 2 unspecified atom stereocenters. The molecule has 1 N–H and O–H groups in total. The number of hydrogen-bond acceptors (Lipinski definition) is 2. The lowest BCUT2D eigenvalue weighted by atomic mass is 9.96. The fraction of sp³-hybridized carbons (Fsp3) is 0.278. The van der Waals surface area contributed by atoms with Gasteiger partial charge in [-0.2, -0.15) is 0 Å². The van der Waals surface area contributed by atoms with Crippen molar-refractivity contribution < 1.29 is 9.90 Å². The highest BCUT2D eigenvalue weighted by Crippen LogP contribution is 2.38. The number of nitrogens with zero attached hydrogens (tertiary/aromatic N) is 1. The number of rotatable bonds is 4. The van der Waals surface area contributed by atoms with Gasteiger partial charge in [-0.15, -0.1) is 0 Å². The molecular weight excluding hydrogens is 333 g/mol. The van der Waals surface area contributed by atoms with Crippen LogP contribution in [0.25, 0.3) is 0 Å². The fourth-order valence-corrected chi connectivity index (χ4v) is 3.72. The third-order valence-electron chi connectivity index (χ3n) is 4.28. The van der Waals surface area contributed by atoms with Gasteiger partial charge in [0, 0.05) is 16.6 Å². The van der Waals surface area contributed by atoms with E-state index in [1.165, 1.54) is 0 Å². The molecule has 0 saturated carbocycles. The number of halogens is 2. The van der Waals surface area contributed by atoms with Crippen molar-refractivity contribution >= 4 is 29.2 Å². The number of benzene rings is 2. The Kier molecular flexibility index (Phi) is 4.90. The summed E-state index contributed by atoms with van der Waals surface area (Å²) in [5.41, 5.74) is 1.86. The number of hydrogen-bond donors (Lipinski definition) is 1. The van der Waals surface area contributed by atoms with Crippen LogP contribution in [0.5, 0.6) is 0 Å². The Balaban J connectivity index is 2.11. The molecule has 0 aromatic heterocycles. The van der Waals surface area contributed by atoms with Crippen LogP contribution in [0.1, 0.15) is 30.0 Å². The van der Waals surface area contributed by atoms with Gasteiger partial charge in [-0.3, -0.25) is 9.69 Å². The molecule has 0 radical (unpaired) electrons. The van der Waals surface area contributed by atoms with Crippen LogP contribution in [0.4, 0.5) is 0 Å². The zero-order valence-electron chi connectivity index (χ0n) is 12.5. The second-order valence-electron chi connectivity index (χ2n) is 5.71. The maximum absolute atomic E-state index is 11.6. The minimum atomic E-state index is -0.790. The molecule has 2 atom stereocenters. The zero-order valence-corrected chi connectivity index (χ0v) is 14.0. The van der Waals surface area contributed by atoms with Crippen LogP contribution in [0.15, 0.2) is 48.5 Å². The van der Waals surface area contributed by atoms with E-state index >= 15 is 0 Å². The van der Waals surface area contributed by atoms with Crippen LogP contribution in [0.2, 0.25) is 10.0 Å². The predicted octanol–water partition coefficient (Wildman–Crippen LogP) is 4.63. The van der Waals surface area contributed by atoms with Gasteiger partial charge in [-0.25, -0.2) is 0 Å². The Morgan fingerprint density at radius 3 is 2.65 bits per heavy atom. The minimum absolute atomic E-state index is 0.217. The normalized spacial score (nSPS) is 19.7. The summed E-state index contributed by atoms with van der Waals surface area (Å²) in [6.07, 6.45) is 1.51. The predicted molar refractivity (Wildman–Crippen MR) is 92.1 cm³/mol. The third-order valence-corrected chi connectivity index (χ3v) is 4.85. The van der Waals surface area contributed by atoms with E-state index in [-0.39, 0.29) is 6.04 Å². The molecule has 1 saturated heterocycles. The third kappa shape index (κ3) is 3.37. The first-order valence-electron chi connectivity index (χ1n) is 7.56. The van der Waals surface area contributed by atoms with E-state index in [0.29, 0.717) is 16.5 Å². The van der Waals surface area contributed by atoms with Crippen LogP contribution in [0, 0.1) is 0 Å². The van der Waals surface area contributed by atoms with Crippen molar-refractivity contribution in [3.8, 4) is 0 Å². The molecule has 1 fully saturated rings. The summed E-state index contributed by atoms with van der Waals surface area (Å²) >= 11 is 12.6. The summed E-state index contributed by atoms with van der Waals surface area (Å²) in [6, 6.07) is 14.4. The van der Waals surface area contributed by atoms with E-state index in [9.17, 15) is 9.90 Å². The van der Waals surface area contributed by atoms with E-state index in [0.717, 1.165) is 24.1 Å². The van der Waals surface area contributed by atoms with Crippen molar-refractivity contribution in [3.05, 3.63) is 69.7 Å². The molecule has 0 bridgehead atoms. The first kappa shape index (κ1) is 16.3. The summed E-state index contributed by atoms with van der Waals surface area (Å²) in [5.74, 6) is -0.790. The summed E-state index contributed by atoms with van der Waals surface area (Å²) < 4.78 is 0. The minimum Gasteiger partial charge on any atom is -0.480 e. The Hall–Kier alpha value is -1.55. The maximum atomic E-state index is 11.6. The van der Waals surface area contributed by atoms with Crippen molar-refractivity contribution in [3.63, 3.8) is 0 Å². The molecule has 1 aliphatic rings. The van der Waals surface area contributed by atoms with Gasteiger partial charge in [-0.05, 0) is 42.2 Å². The number of carbonyl (C=O) groups is 1. The monoisotopic (exact) mass is 349 g/mol. The molecular formula is C18H17Cl2NO2. The molecule has 0 aliphatic carbocycles. The first-order chi connectivity index (χ1) is 11.1. The fourth-order valence-electron chi connectivity index (χ4n) is 3.29. The highest BCUT2D eigenvalue weighted by Gasteiger charge is 2.37. The Morgan fingerprint density at radius 2 is 1.96 bits per heavy atom. The number of aliphatic carboxylic acids is 1. The van der Waals surface area contributed by atoms with Gasteiger partial charge in [0.25, 0.3) is 0 Å². The largest absolute Gasteiger partial charge is 0.480 e. The van der Waals surface area contributed by atoms with Gasteiger partial charge in [0.1, 0.15) is 6.04 Å². The SMILES string of the molecule is O=C(O)C1CCCN1C(c1cccc(Cl)c1)c1ccccc1Cl. The van der Waals surface area contributed by atoms with Gasteiger partial charge < -0.3 is 5.11 Å². The van der Waals surface area contributed by atoms with E-state index in [2.05, 4.69) is 0 Å². The van der Waals surface area contributed by atoms with Gasteiger partial charge in [0.05, 0.1) is 6.04 Å². The zero-order chi connectivity index (χ0) is 16.4. The molecule has 0 spiro atoms. The summed E-state index contributed by atoms with van der Waals surface area (Å²) in [6.45, 7) is 0.722. The van der Waals surface area contributed by atoms with E-state index in [4.69, 9.17) is 23.2 Å². The van der Waals surface area contributed by atoms with Gasteiger partial charge in [-0.1, -0.05) is 53.5 Å². The molecule has 1 aliphatic heterocycles. The average Bonchev–Trinajstić information content (AvgIpc) is 2.99. The smallest absolute Gasteiger partial charge is 0.320 e. The van der Waals surface area contributed by atoms with Crippen LogP contribution in [-0.4, -0.2) is 28.6 Å². The number of likely N-dealkylation sites (tertiary alicyclic amines) is 1. The van der Waals surface area contributed by atoms with Crippen molar-refractivity contribution in [1.82, 2.24) is 4.90 Å². The molecule has 2 aromatic rings. The summed E-state index contributed by atoms with van der Waals surface area (Å²) in [5, 5.41) is 10.8. The van der Waals surface area contributed by atoms with Gasteiger partial charge >= 0.3 is 5.97 Å². The maximum Gasteiger partial charge on any atom is 0.320 e. The van der Waals surface area contributed by atoms with Crippen molar-refractivity contribution in [1.29, 1.82) is 0 Å². The molecule has 3 rings (SSSR count). The molecule has 5 heteroatoms. The molecule has 2 aromatic carbocycles. The lowest BCUT2D eigenvalue weighted by Gasteiger charge is -2.32. The molecule has 3 nitrogen and oxygen atoms in total. The Labute approximate surface area is 145 Å². The second-order valence-corrected chi connectivity index (χ2v) is 6.56. The molecule has 1 heterocycles. The number of carboxylic acids is 1. The average molecular weight is 350 g/mol. The molecule has 0 amide bonds. The van der Waals surface area contributed by atoms with Crippen LogP contribution >= 0.6 is 23.2 Å². The molecule has 23 heavy (non-hydrogen) atoms. The van der Waals surface area contributed by atoms with Gasteiger partial charge in [0.15, 0.2) is 0 Å². The van der Waals surface area contributed by atoms with E-state index in [1.54, 1.807) is 0 Å². The van der Waals surface area contributed by atoms with Crippen molar-refractivity contribution in [2.75, 3.05) is 6.54 Å². The topological polar surface area (TPSA) is 40.5 Å². The first-order valence-corrected chi connectivity index (χ1v) is 8.32. The molecule has 120 valence electrons. The van der Waals surface area contributed by atoms with Crippen LogP contribution < -0.4 is 0 Å². The van der Waals surface area contributed by atoms with Crippen molar-refractivity contribution in [2.45, 2.75) is 24.9 Å². The number of carboxylic acid groups (broad SMARTS) is 1. The van der Waals surface area contributed by atoms with Crippen LogP contribution in [-0.2, 0) is 4.79 Å². The lowest BCUT2D eigenvalue weighted by Crippen LogP contribution is -2.39.